The lowest BCUT2D eigenvalue weighted by atomic mass is 10.1. The fourth-order valence-corrected chi connectivity index (χ4v) is 2.72. The third-order valence-electron chi connectivity index (χ3n) is 4.04. The highest BCUT2D eigenvalue weighted by atomic mass is 16.6. The van der Waals surface area contributed by atoms with E-state index in [0.29, 0.717) is 44.2 Å². The van der Waals surface area contributed by atoms with E-state index in [-0.39, 0.29) is 17.6 Å². The minimum absolute atomic E-state index is 0.0891. The van der Waals surface area contributed by atoms with Gasteiger partial charge in [0, 0.05) is 25.7 Å². The Morgan fingerprint density at radius 1 is 1.36 bits per heavy atom. The Hall–Kier alpha value is -2.12. The number of carboxylic acid groups (broad SMARTS) is 1. The summed E-state index contributed by atoms with van der Waals surface area (Å²) in [7, 11) is 1.82. The molecule has 0 unspecified atom stereocenters. The number of nitrogens with zero attached hydrogens (tertiary/aromatic N) is 1. The second kappa shape index (κ2) is 9.39. The molecular weight excluding hydrogens is 324 g/mol. The quantitative estimate of drug-likeness (QED) is 0.748. The van der Waals surface area contributed by atoms with Gasteiger partial charge in [-0.05, 0) is 24.6 Å². The van der Waals surface area contributed by atoms with Gasteiger partial charge in [0.1, 0.15) is 0 Å². The highest BCUT2D eigenvalue weighted by Gasteiger charge is 2.20. The molecule has 1 aromatic carbocycles. The lowest BCUT2D eigenvalue weighted by Gasteiger charge is -2.29. The van der Waals surface area contributed by atoms with Gasteiger partial charge in [-0.3, -0.25) is 4.79 Å². The lowest BCUT2D eigenvalue weighted by molar-refractivity contribution is -0.116. The number of hydrogen-bond donors (Lipinski definition) is 2. The highest BCUT2D eigenvalue weighted by Crippen LogP contribution is 2.24. The summed E-state index contributed by atoms with van der Waals surface area (Å²) in [6.07, 6.45) is 2.08. The number of nitrogens with one attached hydrogen (secondary N) is 1. The van der Waals surface area contributed by atoms with Gasteiger partial charge < -0.3 is 24.8 Å². The topological polar surface area (TPSA) is 88.1 Å². The van der Waals surface area contributed by atoms with E-state index in [0.717, 1.165) is 12.8 Å². The number of benzene rings is 1. The van der Waals surface area contributed by atoms with E-state index in [2.05, 4.69) is 5.32 Å². The molecule has 1 aliphatic heterocycles. The summed E-state index contributed by atoms with van der Waals surface area (Å²) in [5.74, 6) is -1.14. The first kappa shape index (κ1) is 19.2. The van der Waals surface area contributed by atoms with Crippen LogP contribution >= 0.6 is 0 Å². The maximum Gasteiger partial charge on any atom is 0.337 e. The first-order valence-electron chi connectivity index (χ1n) is 8.59. The van der Waals surface area contributed by atoms with Gasteiger partial charge in [0.05, 0.1) is 37.2 Å². The number of hydrogen-bond acceptors (Lipinski definition) is 5. The number of unbranched alkanes of at least 4 members (excludes halogenated alkanes) is 1. The van der Waals surface area contributed by atoms with Crippen molar-refractivity contribution in [2.75, 3.05) is 43.6 Å². The monoisotopic (exact) mass is 350 g/mol. The van der Waals surface area contributed by atoms with Gasteiger partial charge in [-0.2, -0.15) is 0 Å². The average Bonchev–Trinajstić information content (AvgIpc) is 2.60. The summed E-state index contributed by atoms with van der Waals surface area (Å²) in [4.78, 5) is 25.3. The lowest BCUT2D eigenvalue weighted by Crippen LogP contribution is -2.38. The van der Waals surface area contributed by atoms with Crippen molar-refractivity contribution in [3.05, 3.63) is 23.8 Å². The largest absolute Gasteiger partial charge is 0.478 e. The molecule has 1 aromatic rings. The van der Waals surface area contributed by atoms with Crippen LogP contribution in [0.4, 0.5) is 11.4 Å². The summed E-state index contributed by atoms with van der Waals surface area (Å²) in [5, 5.41) is 12.3. The van der Waals surface area contributed by atoms with Crippen LogP contribution in [0.5, 0.6) is 0 Å². The predicted molar refractivity (Wildman–Crippen MR) is 95.4 cm³/mol. The van der Waals surface area contributed by atoms with E-state index in [9.17, 15) is 14.7 Å². The molecule has 2 rings (SSSR count). The van der Waals surface area contributed by atoms with Crippen LogP contribution in [0.1, 0.15) is 36.5 Å². The number of carboxylic acids is 1. The SMILES string of the molecule is CCCCC(=O)Nc1ccc(N(C)C[C@H]2COCCO2)c(C(=O)O)c1. The fraction of sp³-hybridized carbons (Fsp3) is 0.556. The van der Waals surface area contributed by atoms with Crippen LogP contribution in [-0.2, 0) is 14.3 Å². The number of aromatic carboxylic acids is 1. The van der Waals surface area contributed by atoms with Gasteiger partial charge >= 0.3 is 5.97 Å². The second-order valence-corrected chi connectivity index (χ2v) is 6.14. The van der Waals surface area contributed by atoms with Gasteiger partial charge in [-0.1, -0.05) is 13.3 Å². The van der Waals surface area contributed by atoms with E-state index < -0.39 is 5.97 Å². The van der Waals surface area contributed by atoms with E-state index in [1.165, 1.54) is 6.07 Å². The summed E-state index contributed by atoms with van der Waals surface area (Å²) in [5.41, 5.74) is 1.22. The number of carbonyl (C=O) groups excluding carboxylic acids is 1. The van der Waals surface area contributed by atoms with Crippen molar-refractivity contribution in [1.82, 2.24) is 0 Å². The van der Waals surface area contributed by atoms with Crippen molar-refractivity contribution >= 4 is 23.3 Å². The number of carbonyl (C=O) groups is 2. The van der Waals surface area contributed by atoms with Gasteiger partial charge in [0.25, 0.3) is 0 Å². The van der Waals surface area contributed by atoms with Crippen molar-refractivity contribution in [2.24, 2.45) is 0 Å². The maximum absolute atomic E-state index is 11.8. The summed E-state index contributed by atoms with van der Waals surface area (Å²) in [6.45, 7) is 4.18. The van der Waals surface area contributed by atoms with Crippen molar-refractivity contribution < 1.29 is 24.2 Å². The Morgan fingerprint density at radius 2 is 2.16 bits per heavy atom. The third-order valence-corrected chi connectivity index (χ3v) is 4.04. The van der Waals surface area contributed by atoms with Crippen LogP contribution in [0.3, 0.4) is 0 Å². The Morgan fingerprint density at radius 3 is 2.80 bits per heavy atom. The minimum atomic E-state index is -1.03. The van der Waals surface area contributed by atoms with Crippen molar-refractivity contribution in [3.63, 3.8) is 0 Å². The molecule has 2 N–H and O–H groups in total. The normalized spacial score (nSPS) is 17.1. The fourth-order valence-electron chi connectivity index (χ4n) is 2.72. The molecule has 1 fully saturated rings. The van der Waals surface area contributed by atoms with Gasteiger partial charge in [-0.25, -0.2) is 4.79 Å². The van der Waals surface area contributed by atoms with Crippen LogP contribution in [0.15, 0.2) is 18.2 Å². The predicted octanol–water partition coefficient (Wildman–Crippen LogP) is 2.37. The Balaban J connectivity index is 2.09. The number of likely N-dealkylation sites (N-methyl/N-ethyl adjacent to an activating group) is 1. The maximum atomic E-state index is 11.8. The molecule has 1 aliphatic rings. The molecule has 1 saturated heterocycles. The molecule has 1 amide bonds. The van der Waals surface area contributed by atoms with E-state index in [4.69, 9.17) is 9.47 Å². The van der Waals surface area contributed by atoms with Crippen molar-refractivity contribution in [3.8, 4) is 0 Å². The van der Waals surface area contributed by atoms with E-state index >= 15 is 0 Å². The summed E-state index contributed by atoms with van der Waals surface area (Å²) in [6, 6.07) is 4.93. The zero-order valence-electron chi connectivity index (χ0n) is 14.8. The molecular formula is C18H26N2O5. The van der Waals surface area contributed by atoms with Gasteiger partial charge in [-0.15, -0.1) is 0 Å². The highest BCUT2D eigenvalue weighted by molar-refractivity contribution is 5.98. The smallest absolute Gasteiger partial charge is 0.337 e. The zero-order chi connectivity index (χ0) is 18.2. The number of anilines is 2. The number of rotatable bonds is 8. The first-order valence-corrected chi connectivity index (χ1v) is 8.59. The Labute approximate surface area is 147 Å². The molecule has 0 aliphatic carbocycles. The Kier molecular flexibility index (Phi) is 7.21. The Bertz CT molecular complexity index is 599. The molecule has 0 radical (unpaired) electrons. The van der Waals surface area contributed by atoms with Crippen molar-refractivity contribution in [1.29, 1.82) is 0 Å². The number of amides is 1. The number of ether oxygens (including phenoxy) is 2. The summed E-state index contributed by atoms with van der Waals surface area (Å²) < 4.78 is 11.0. The molecule has 7 heteroatoms. The van der Waals surface area contributed by atoms with Gasteiger partial charge in [0.2, 0.25) is 5.91 Å². The summed E-state index contributed by atoms with van der Waals surface area (Å²) >= 11 is 0. The third kappa shape index (κ3) is 5.72. The average molecular weight is 350 g/mol. The van der Waals surface area contributed by atoms with Gasteiger partial charge in [0.15, 0.2) is 0 Å². The molecule has 7 nitrogen and oxygen atoms in total. The molecule has 0 saturated carbocycles. The van der Waals surface area contributed by atoms with Crippen LogP contribution in [0.2, 0.25) is 0 Å². The molecule has 138 valence electrons. The standard InChI is InChI=1S/C18H26N2O5/c1-3-4-5-17(21)19-13-6-7-16(15(10-13)18(22)23)20(2)11-14-12-24-8-9-25-14/h6-7,10,14H,3-5,8-9,11-12H2,1-2H3,(H,19,21)(H,22,23)/t14-/m0/s1. The van der Waals surface area contributed by atoms with Crippen LogP contribution < -0.4 is 10.2 Å². The van der Waals surface area contributed by atoms with E-state index in [1.807, 2.05) is 18.9 Å². The second-order valence-electron chi connectivity index (χ2n) is 6.14. The first-order chi connectivity index (χ1) is 12.0. The molecule has 25 heavy (non-hydrogen) atoms. The van der Waals surface area contributed by atoms with Crippen LogP contribution in [0.25, 0.3) is 0 Å². The molecule has 1 atom stereocenters. The molecule has 0 aromatic heterocycles. The van der Waals surface area contributed by atoms with Crippen molar-refractivity contribution in [2.45, 2.75) is 32.3 Å². The van der Waals surface area contributed by atoms with Crippen LogP contribution in [0, 0.1) is 0 Å². The molecule has 0 bridgehead atoms. The van der Waals surface area contributed by atoms with Crippen LogP contribution in [-0.4, -0.2) is 56.5 Å². The minimum Gasteiger partial charge on any atom is -0.478 e. The molecule has 0 spiro atoms. The van der Waals surface area contributed by atoms with E-state index in [1.54, 1.807) is 12.1 Å². The zero-order valence-corrected chi connectivity index (χ0v) is 14.8. The molecule has 1 heterocycles.